The molecule has 1 amide bonds. The topological polar surface area (TPSA) is 68.3 Å². The molecule has 0 radical (unpaired) electrons. The molecule has 2 rings (SSSR count). The van der Waals surface area contributed by atoms with Crippen molar-refractivity contribution in [3.8, 4) is 0 Å². The third-order valence-corrected chi connectivity index (χ3v) is 3.47. The number of benzene rings is 1. The van der Waals surface area contributed by atoms with Gasteiger partial charge < -0.3 is 10.1 Å². The predicted octanol–water partition coefficient (Wildman–Crippen LogP) is 2.38. The van der Waals surface area contributed by atoms with E-state index in [9.17, 15) is 9.59 Å². The number of nitrogens with zero attached hydrogens (tertiary/aromatic N) is 1. The van der Waals surface area contributed by atoms with Gasteiger partial charge in [-0.1, -0.05) is 12.1 Å². The standard InChI is InChI=1S/C15H16N2O3S/c1-10(2)16-13(18)9-20-15(19)8-7-14-17-11-5-3-4-6-12(11)21-14/h3-8,10H,9H2,1-2H3,(H,16,18)/b8-7+. The first-order valence-corrected chi connectivity index (χ1v) is 7.36. The second kappa shape index (κ2) is 6.99. The molecular formula is C15H16N2O3S. The van der Waals surface area contributed by atoms with Crippen molar-refractivity contribution in [1.82, 2.24) is 10.3 Å². The zero-order valence-electron chi connectivity index (χ0n) is 11.8. The van der Waals surface area contributed by atoms with Crippen LogP contribution in [-0.2, 0) is 14.3 Å². The number of carbonyl (C=O) groups excluding carboxylic acids is 2. The molecule has 1 N–H and O–H groups in total. The zero-order valence-corrected chi connectivity index (χ0v) is 12.6. The number of carbonyl (C=O) groups is 2. The Morgan fingerprint density at radius 1 is 1.38 bits per heavy atom. The lowest BCUT2D eigenvalue weighted by atomic mass is 10.3. The summed E-state index contributed by atoms with van der Waals surface area (Å²) in [4.78, 5) is 27.2. The Morgan fingerprint density at radius 2 is 2.14 bits per heavy atom. The summed E-state index contributed by atoms with van der Waals surface area (Å²) in [5.74, 6) is -0.875. The summed E-state index contributed by atoms with van der Waals surface area (Å²) in [5, 5.41) is 3.36. The van der Waals surface area contributed by atoms with Gasteiger partial charge in [-0.3, -0.25) is 4.79 Å². The molecule has 5 nitrogen and oxygen atoms in total. The molecule has 1 aromatic heterocycles. The van der Waals surface area contributed by atoms with Gasteiger partial charge in [0.25, 0.3) is 5.91 Å². The summed E-state index contributed by atoms with van der Waals surface area (Å²) in [5.41, 5.74) is 0.895. The summed E-state index contributed by atoms with van der Waals surface area (Å²) in [6, 6.07) is 7.76. The summed E-state index contributed by atoms with van der Waals surface area (Å²) < 4.78 is 5.90. The summed E-state index contributed by atoms with van der Waals surface area (Å²) in [6.45, 7) is 3.40. The van der Waals surface area contributed by atoms with Gasteiger partial charge in [0.1, 0.15) is 5.01 Å². The minimum absolute atomic E-state index is 0.0227. The van der Waals surface area contributed by atoms with E-state index in [1.54, 1.807) is 6.08 Å². The lowest BCUT2D eigenvalue weighted by molar-refractivity contribution is -0.143. The quantitative estimate of drug-likeness (QED) is 0.680. The van der Waals surface area contributed by atoms with Crippen LogP contribution >= 0.6 is 11.3 Å². The molecule has 0 aliphatic rings. The van der Waals surface area contributed by atoms with E-state index in [1.165, 1.54) is 17.4 Å². The van der Waals surface area contributed by atoms with E-state index in [-0.39, 0.29) is 18.6 Å². The molecule has 1 aromatic carbocycles. The number of hydrogen-bond acceptors (Lipinski definition) is 5. The van der Waals surface area contributed by atoms with Crippen LogP contribution in [0.5, 0.6) is 0 Å². The third-order valence-electron chi connectivity index (χ3n) is 2.47. The average Bonchev–Trinajstić information content (AvgIpc) is 2.85. The number of esters is 1. The molecule has 110 valence electrons. The first kappa shape index (κ1) is 15.2. The Hall–Kier alpha value is -2.21. The maximum absolute atomic E-state index is 11.5. The van der Waals surface area contributed by atoms with Crippen LogP contribution in [0.15, 0.2) is 30.3 Å². The summed E-state index contributed by atoms with van der Waals surface area (Å²) in [7, 11) is 0. The molecule has 6 heteroatoms. The molecule has 0 saturated heterocycles. The Kier molecular flexibility index (Phi) is 5.05. The molecule has 21 heavy (non-hydrogen) atoms. The molecule has 1 heterocycles. The molecule has 2 aromatic rings. The van der Waals surface area contributed by atoms with Gasteiger partial charge in [-0.05, 0) is 32.1 Å². The minimum atomic E-state index is -0.562. The number of hydrogen-bond donors (Lipinski definition) is 1. The normalized spacial score (nSPS) is 11.2. The average molecular weight is 304 g/mol. The summed E-state index contributed by atoms with van der Waals surface area (Å²) in [6.07, 6.45) is 2.87. The molecule has 0 bridgehead atoms. The fourth-order valence-corrected chi connectivity index (χ4v) is 2.52. The number of aromatic nitrogens is 1. The van der Waals surface area contributed by atoms with Crippen LogP contribution in [-0.4, -0.2) is 29.5 Å². The number of rotatable bonds is 5. The highest BCUT2D eigenvalue weighted by Crippen LogP contribution is 2.22. The van der Waals surface area contributed by atoms with Gasteiger partial charge in [0.15, 0.2) is 6.61 Å². The molecule has 0 atom stereocenters. The second-order valence-corrected chi connectivity index (χ2v) is 5.75. The van der Waals surface area contributed by atoms with Gasteiger partial charge in [-0.25, -0.2) is 9.78 Å². The van der Waals surface area contributed by atoms with E-state index in [0.717, 1.165) is 15.2 Å². The van der Waals surface area contributed by atoms with Crippen molar-refractivity contribution in [3.63, 3.8) is 0 Å². The van der Waals surface area contributed by atoms with E-state index in [1.807, 2.05) is 38.1 Å². The molecule has 0 fully saturated rings. The molecule has 0 saturated carbocycles. The van der Waals surface area contributed by atoms with Gasteiger partial charge in [0.05, 0.1) is 10.2 Å². The van der Waals surface area contributed by atoms with Crippen molar-refractivity contribution in [2.75, 3.05) is 6.61 Å². The van der Waals surface area contributed by atoms with Gasteiger partial charge >= 0.3 is 5.97 Å². The van der Waals surface area contributed by atoms with Crippen molar-refractivity contribution < 1.29 is 14.3 Å². The molecule has 0 spiro atoms. The minimum Gasteiger partial charge on any atom is -0.452 e. The lowest BCUT2D eigenvalue weighted by Crippen LogP contribution is -2.33. The number of nitrogens with one attached hydrogen (secondary N) is 1. The zero-order chi connectivity index (χ0) is 15.2. The second-order valence-electron chi connectivity index (χ2n) is 4.68. The number of amides is 1. The van der Waals surface area contributed by atoms with Crippen molar-refractivity contribution in [3.05, 3.63) is 35.3 Å². The Labute approximate surface area is 126 Å². The smallest absolute Gasteiger partial charge is 0.331 e. The first-order chi connectivity index (χ1) is 10.0. The first-order valence-electron chi connectivity index (χ1n) is 6.54. The number of fused-ring (bicyclic) bond motifs is 1. The van der Waals surface area contributed by atoms with Gasteiger partial charge in [0, 0.05) is 12.1 Å². The Morgan fingerprint density at radius 3 is 2.86 bits per heavy atom. The van der Waals surface area contributed by atoms with Crippen LogP contribution in [0.4, 0.5) is 0 Å². The van der Waals surface area contributed by atoms with E-state index >= 15 is 0 Å². The maximum atomic E-state index is 11.5. The van der Waals surface area contributed by atoms with Crippen molar-refractivity contribution >= 4 is 39.5 Å². The maximum Gasteiger partial charge on any atom is 0.331 e. The van der Waals surface area contributed by atoms with Crippen molar-refractivity contribution in [2.45, 2.75) is 19.9 Å². The van der Waals surface area contributed by atoms with Crippen LogP contribution in [0.2, 0.25) is 0 Å². The Balaban J connectivity index is 1.88. The van der Waals surface area contributed by atoms with Gasteiger partial charge in [-0.15, -0.1) is 11.3 Å². The van der Waals surface area contributed by atoms with E-state index in [4.69, 9.17) is 4.74 Å². The van der Waals surface area contributed by atoms with E-state index in [2.05, 4.69) is 10.3 Å². The predicted molar refractivity (Wildman–Crippen MR) is 82.9 cm³/mol. The number of thiazole rings is 1. The molecular weight excluding hydrogens is 288 g/mol. The number of ether oxygens (including phenoxy) is 1. The summed E-state index contributed by atoms with van der Waals surface area (Å²) >= 11 is 1.49. The lowest BCUT2D eigenvalue weighted by Gasteiger charge is -2.07. The fraction of sp³-hybridized carbons (Fsp3) is 0.267. The third kappa shape index (κ3) is 4.68. The SMILES string of the molecule is CC(C)NC(=O)COC(=O)/C=C/c1nc2ccccc2s1. The van der Waals surface area contributed by atoms with Gasteiger partial charge in [-0.2, -0.15) is 0 Å². The van der Waals surface area contributed by atoms with Crippen LogP contribution in [0.1, 0.15) is 18.9 Å². The van der Waals surface area contributed by atoms with Crippen LogP contribution in [0.25, 0.3) is 16.3 Å². The number of para-hydroxylation sites is 1. The largest absolute Gasteiger partial charge is 0.452 e. The molecule has 0 aliphatic heterocycles. The van der Waals surface area contributed by atoms with Gasteiger partial charge in [0.2, 0.25) is 0 Å². The van der Waals surface area contributed by atoms with Crippen LogP contribution in [0, 0.1) is 0 Å². The highest BCUT2D eigenvalue weighted by Gasteiger charge is 2.06. The molecule has 0 unspecified atom stereocenters. The van der Waals surface area contributed by atoms with Crippen LogP contribution < -0.4 is 5.32 Å². The Bertz CT molecular complexity index is 643. The van der Waals surface area contributed by atoms with Crippen LogP contribution in [0.3, 0.4) is 0 Å². The van der Waals surface area contributed by atoms with Crippen molar-refractivity contribution in [2.24, 2.45) is 0 Å². The highest BCUT2D eigenvalue weighted by atomic mass is 32.1. The van der Waals surface area contributed by atoms with Crippen molar-refractivity contribution in [1.29, 1.82) is 0 Å². The van der Waals surface area contributed by atoms with E-state index < -0.39 is 5.97 Å². The molecule has 0 aliphatic carbocycles. The van der Waals surface area contributed by atoms with E-state index in [0.29, 0.717) is 0 Å². The highest BCUT2D eigenvalue weighted by molar-refractivity contribution is 7.19. The fourth-order valence-electron chi connectivity index (χ4n) is 1.65. The monoisotopic (exact) mass is 304 g/mol.